The highest BCUT2D eigenvalue weighted by Crippen LogP contribution is 2.27. The first-order valence-electron chi connectivity index (χ1n) is 7.57. The van der Waals surface area contributed by atoms with Crippen LogP contribution >= 0.6 is 0 Å². The molecule has 0 fully saturated rings. The summed E-state index contributed by atoms with van der Waals surface area (Å²) in [5.74, 6) is 0.665. The van der Waals surface area contributed by atoms with Crippen molar-refractivity contribution in [3.8, 4) is 11.3 Å². The van der Waals surface area contributed by atoms with E-state index >= 15 is 0 Å². The summed E-state index contributed by atoms with van der Waals surface area (Å²) in [6.45, 7) is 6.15. The van der Waals surface area contributed by atoms with Gasteiger partial charge in [0.2, 0.25) is 0 Å². The lowest BCUT2D eigenvalue weighted by atomic mass is 9.99. The van der Waals surface area contributed by atoms with Gasteiger partial charge < -0.3 is 20.2 Å². The summed E-state index contributed by atoms with van der Waals surface area (Å²) in [5.41, 5.74) is 8.07. The highest BCUT2D eigenvalue weighted by molar-refractivity contribution is 5.67. The summed E-state index contributed by atoms with van der Waals surface area (Å²) in [7, 11) is 0. The van der Waals surface area contributed by atoms with Crippen molar-refractivity contribution in [2.45, 2.75) is 39.2 Å². The number of oxazole rings is 1. The van der Waals surface area contributed by atoms with E-state index in [4.69, 9.17) is 10.2 Å². The molecule has 0 aliphatic carbocycles. The van der Waals surface area contributed by atoms with Crippen LogP contribution in [0.1, 0.15) is 32.8 Å². The predicted molar refractivity (Wildman–Crippen MR) is 89.2 cm³/mol. The van der Waals surface area contributed by atoms with E-state index in [1.54, 1.807) is 6.20 Å². The molecule has 0 radical (unpaired) electrons. The summed E-state index contributed by atoms with van der Waals surface area (Å²) in [4.78, 5) is 16.8. The van der Waals surface area contributed by atoms with Gasteiger partial charge in [0.1, 0.15) is 0 Å². The van der Waals surface area contributed by atoms with Crippen LogP contribution in [0.3, 0.4) is 0 Å². The van der Waals surface area contributed by atoms with Crippen LogP contribution < -0.4 is 5.73 Å². The molecule has 0 bridgehead atoms. The van der Waals surface area contributed by atoms with E-state index in [9.17, 15) is 9.90 Å². The summed E-state index contributed by atoms with van der Waals surface area (Å²) < 4.78 is 5.36. The minimum Gasteiger partial charge on any atom is -0.465 e. The molecule has 0 unspecified atom stereocenters. The zero-order valence-corrected chi connectivity index (χ0v) is 13.7. The summed E-state index contributed by atoms with van der Waals surface area (Å²) in [6, 6.07) is 5.65. The van der Waals surface area contributed by atoms with Gasteiger partial charge in [0.05, 0.1) is 6.20 Å². The number of aryl methyl sites for hydroxylation is 1. The second kappa shape index (κ2) is 6.73. The van der Waals surface area contributed by atoms with Crippen molar-refractivity contribution >= 4 is 11.8 Å². The summed E-state index contributed by atoms with van der Waals surface area (Å²) in [5, 5.41) is 9.33. The fourth-order valence-electron chi connectivity index (χ4n) is 2.54. The number of nitrogens with two attached hydrogens (primary N) is 1. The number of amides is 1. The second-order valence-corrected chi connectivity index (χ2v) is 6.49. The summed E-state index contributed by atoms with van der Waals surface area (Å²) >= 11 is 0. The average molecular weight is 317 g/mol. The number of anilines is 1. The molecule has 0 atom stereocenters. The third-order valence-corrected chi connectivity index (χ3v) is 3.70. The molecule has 2 aromatic rings. The number of nitrogen functional groups attached to an aromatic ring is 1. The molecule has 6 heteroatoms. The van der Waals surface area contributed by atoms with Crippen LogP contribution in [0.15, 0.2) is 35.2 Å². The molecule has 0 spiro atoms. The van der Waals surface area contributed by atoms with Crippen molar-refractivity contribution in [3.05, 3.63) is 36.4 Å². The molecule has 1 aromatic heterocycles. The van der Waals surface area contributed by atoms with E-state index in [-0.39, 0.29) is 0 Å². The Balaban J connectivity index is 2.11. The molecule has 124 valence electrons. The van der Waals surface area contributed by atoms with Gasteiger partial charge >= 0.3 is 6.09 Å². The Bertz CT molecular complexity index is 660. The van der Waals surface area contributed by atoms with E-state index in [1.165, 1.54) is 11.3 Å². The maximum atomic E-state index is 11.4. The molecule has 1 amide bonds. The topological polar surface area (TPSA) is 92.6 Å². The third kappa shape index (κ3) is 4.25. The molecule has 2 rings (SSSR count). The van der Waals surface area contributed by atoms with Crippen molar-refractivity contribution < 1.29 is 14.3 Å². The molecule has 6 nitrogen and oxygen atoms in total. The lowest BCUT2D eigenvalue weighted by Gasteiger charge is -2.33. The van der Waals surface area contributed by atoms with Crippen LogP contribution in [0.2, 0.25) is 0 Å². The van der Waals surface area contributed by atoms with E-state index in [1.807, 2.05) is 39.0 Å². The van der Waals surface area contributed by atoms with E-state index in [0.29, 0.717) is 24.4 Å². The maximum absolute atomic E-state index is 11.4. The number of hydrogen-bond acceptors (Lipinski definition) is 4. The molecule has 0 aliphatic rings. The molecule has 23 heavy (non-hydrogen) atoms. The maximum Gasteiger partial charge on any atom is 0.407 e. The highest BCUT2D eigenvalue weighted by atomic mass is 16.4. The number of nitrogens with zero attached hydrogens (tertiary/aromatic N) is 2. The van der Waals surface area contributed by atoms with Crippen LogP contribution in [0, 0.1) is 0 Å². The van der Waals surface area contributed by atoms with Gasteiger partial charge in [-0.15, -0.1) is 0 Å². The van der Waals surface area contributed by atoms with Gasteiger partial charge in [-0.2, -0.15) is 0 Å². The Morgan fingerprint density at radius 1 is 1.39 bits per heavy atom. The number of carbonyl (C=O) groups is 1. The standard InChI is InChI=1S/C17H23N3O3/c1-17(2,3)20(16(21)22)8-4-5-12-6-7-13(18)9-14(12)15-10-19-11-23-15/h6-7,9-11H,4-5,8,18H2,1-3H3,(H,21,22). The van der Waals surface area contributed by atoms with Crippen molar-refractivity contribution in [2.75, 3.05) is 12.3 Å². The van der Waals surface area contributed by atoms with Crippen LogP contribution in [0.25, 0.3) is 11.3 Å². The van der Waals surface area contributed by atoms with Crippen LogP contribution in [0.5, 0.6) is 0 Å². The molecule has 0 saturated carbocycles. The Morgan fingerprint density at radius 2 is 2.13 bits per heavy atom. The van der Waals surface area contributed by atoms with Gasteiger partial charge in [-0.1, -0.05) is 6.07 Å². The van der Waals surface area contributed by atoms with Crippen molar-refractivity contribution in [3.63, 3.8) is 0 Å². The van der Waals surface area contributed by atoms with Gasteiger partial charge in [0, 0.05) is 23.3 Å². The lowest BCUT2D eigenvalue weighted by molar-refractivity contribution is 0.0996. The Labute approximate surface area is 135 Å². The first kappa shape index (κ1) is 16.9. The Kier molecular flexibility index (Phi) is 4.93. The first-order valence-corrected chi connectivity index (χ1v) is 7.57. The first-order chi connectivity index (χ1) is 10.8. The van der Waals surface area contributed by atoms with Crippen molar-refractivity contribution in [1.29, 1.82) is 0 Å². The van der Waals surface area contributed by atoms with Gasteiger partial charge in [-0.3, -0.25) is 0 Å². The smallest absolute Gasteiger partial charge is 0.407 e. The number of aromatic nitrogens is 1. The fraction of sp³-hybridized carbons (Fsp3) is 0.412. The van der Waals surface area contributed by atoms with Crippen LogP contribution in [0.4, 0.5) is 10.5 Å². The molecular weight excluding hydrogens is 294 g/mol. The molecule has 1 heterocycles. The summed E-state index contributed by atoms with van der Waals surface area (Å²) in [6.07, 6.45) is 3.58. The Morgan fingerprint density at radius 3 is 2.70 bits per heavy atom. The van der Waals surface area contributed by atoms with Gasteiger partial charge in [0.25, 0.3) is 0 Å². The minimum atomic E-state index is -0.898. The number of hydrogen-bond donors (Lipinski definition) is 2. The molecule has 1 aromatic carbocycles. The average Bonchev–Trinajstić information content (AvgIpc) is 2.96. The molecule has 0 saturated heterocycles. The van der Waals surface area contributed by atoms with Gasteiger partial charge in [0.15, 0.2) is 12.2 Å². The highest BCUT2D eigenvalue weighted by Gasteiger charge is 2.25. The van der Waals surface area contributed by atoms with Crippen molar-refractivity contribution in [2.24, 2.45) is 0 Å². The SMILES string of the molecule is CC(C)(C)N(CCCc1ccc(N)cc1-c1cnco1)C(=O)O. The van der Waals surface area contributed by atoms with Crippen LogP contribution in [-0.2, 0) is 6.42 Å². The van der Waals surface area contributed by atoms with Crippen LogP contribution in [-0.4, -0.2) is 33.2 Å². The monoisotopic (exact) mass is 317 g/mol. The van der Waals surface area contributed by atoms with Gasteiger partial charge in [-0.25, -0.2) is 9.78 Å². The van der Waals surface area contributed by atoms with E-state index < -0.39 is 11.6 Å². The normalized spacial score (nSPS) is 11.4. The van der Waals surface area contributed by atoms with Crippen molar-refractivity contribution in [1.82, 2.24) is 9.88 Å². The molecule has 0 aliphatic heterocycles. The van der Waals surface area contributed by atoms with E-state index in [2.05, 4.69) is 4.98 Å². The number of benzene rings is 1. The quantitative estimate of drug-likeness (QED) is 0.821. The third-order valence-electron chi connectivity index (χ3n) is 3.70. The Hall–Kier alpha value is -2.50. The number of carboxylic acid groups (broad SMARTS) is 1. The zero-order chi connectivity index (χ0) is 17.0. The fourth-order valence-corrected chi connectivity index (χ4v) is 2.54. The van der Waals surface area contributed by atoms with Gasteiger partial charge in [-0.05, 0) is 51.3 Å². The predicted octanol–water partition coefficient (Wildman–Crippen LogP) is 3.63. The second-order valence-electron chi connectivity index (χ2n) is 6.49. The molecule has 3 N–H and O–H groups in total. The molecular formula is C17H23N3O3. The zero-order valence-electron chi connectivity index (χ0n) is 13.7. The number of rotatable bonds is 5. The lowest BCUT2D eigenvalue weighted by Crippen LogP contribution is -2.45. The van der Waals surface area contributed by atoms with E-state index in [0.717, 1.165) is 17.5 Å². The minimum absolute atomic E-state index is 0.416. The largest absolute Gasteiger partial charge is 0.465 e.